The number of nitrogens with one attached hydrogen (secondary N) is 1. The third-order valence-corrected chi connectivity index (χ3v) is 9.11. The Bertz CT molecular complexity index is 1430. The van der Waals surface area contributed by atoms with Crippen molar-refractivity contribution in [3.05, 3.63) is 40.1 Å². The molecule has 11 heteroatoms. The zero-order valence-corrected chi connectivity index (χ0v) is 26.0. The Morgan fingerprint density at radius 3 is 2.45 bits per heavy atom. The highest BCUT2D eigenvalue weighted by atomic mass is 32.2. The van der Waals surface area contributed by atoms with Crippen LogP contribution in [0.3, 0.4) is 0 Å². The zero-order valence-electron chi connectivity index (χ0n) is 25.2. The summed E-state index contributed by atoms with van der Waals surface area (Å²) in [6, 6.07) is 4.71. The molecule has 3 aromatic rings. The number of H-pyrrole nitrogens is 1. The third kappa shape index (κ3) is 7.30. The van der Waals surface area contributed by atoms with Gasteiger partial charge < -0.3 is 14.6 Å². The fraction of sp³-hybridized carbons (Fsp3) is 0.621. The minimum Gasteiger partial charge on any atom is -0.493 e. The third-order valence-electron chi connectivity index (χ3n) is 7.26. The van der Waals surface area contributed by atoms with E-state index in [1.54, 1.807) is 29.8 Å². The molecule has 2 heterocycles. The molecule has 0 fully saturated rings. The number of aryl methyl sites for hydroxylation is 1. The molecule has 0 aliphatic carbocycles. The fourth-order valence-electron chi connectivity index (χ4n) is 4.96. The van der Waals surface area contributed by atoms with Crippen LogP contribution in [-0.4, -0.2) is 78.0 Å². The van der Waals surface area contributed by atoms with E-state index in [-0.39, 0.29) is 22.2 Å². The lowest BCUT2D eigenvalue weighted by molar-refractivity contribution is 0.341. The number of rotatable bonds is 16. The first-order chi connectivity index (χ1) is 19.0. The summed E-state index contributed by atoms with van der Waals surface area (Å²) in [5.41, 5.74) is 1.13. The summed E-state index contributed by atoms with van der Waals surface area (Å²) in [6.07, 6.45) is 7.18. The van der Waals surface area contributed by atoms with E-state index in [0.29, 0.717) is 42.1 Å². The second-order valence-electron chi connectivity index (χ2n) is 10.6. The molecular weight excluding hydrogens is 528 g/mol. The van der Waals surface area contributed by atoms with Crippen LogP contribution in [0.2, 0.25) is 0 Å². The van der Waals surface area contributed by atoms with Crippen LogP contribution >= 0.6 is 0 Å². The van der Waals surface area contributed by atoms with Crippen molar-refractivity contribution in [1.29, 1.82) is 0 Å². The second kappa shape index (κ2) is 14.2. The molecule has 0 aliphatic rings. The van der Waals surface area contributed by atoms with Gasteiger partial charge in [-0.05, 0) is 71.9 Å². The van der Waals surface area contributed by atoms with Crippen molar-refractivity contribution in [2.75, 3.05) is 40.8 Å². The van der Waals surface area contributed by atoms with Crippen LogP contribution in [0.15, 0.2) is 27.9 Å². The molecule has 1 unspecified atom stereocenters. The van der Waals surface area contributed by atoms with Gasteiger partial charge in [-0.1, -0.05) is 39.5 Å². The molecule has 1 N–H and O–H groups in total. The van der Waals surface area contributed by atoms with Crippen molar-refractivity contribution in [2.45, 2.75) is 83.5 Å². The molecule has 222 valence electrons. The molecule has 2 aromatic heterocycles. The molecule has 0 saturated carbocycles. The maximum Gasteiger partial charge on any atom is 0.277 e. The lowest BCUT2D eigenvalue weighted by Gasteiger charge is -2.19. The minimum absolute atomic E-state index is 0.116. The van der Waals surface area contributed by atoms with Crippen molar-refractivity contribution in [3.63, 3.8) is 0 Å². The van der Waals surface area contributed by atoms with Gasteiger partial charge >= 0.3 is 0 Å². The predicted octanol–water partition coefficient (Wildman–Crippen LogP) is 4.83. The van der Waals surface area contributed by atoms with Crippen molar-refractivity contribution in [1.82, 2.24) is 28.8 Å². The molecule has 0 aliphatic heterocycles. The largest absolute Gasteiger partial charge is 0.493 e. The summed E-state index contributed by atoms with van der Waals surface area (Å²) >= 11 is 0. The van der Waals surface area contributed by atoms with Crippen molar-refractivity contribution >= 4 is 15.5 Å². The van der Waals surface area contributed by atoms with Gasteiger partial charge in [0, 0.05) is 19.5 Å². The van der Waals surface area contributed by atoms with E-state index in [1.807, 2.05) is 32.8 Å². The normalized spacial score (nSPS) is 13.0. The smallest absolute Gasteiger partial charge is 0.277 e. The highest BCUT2D eigenvalue weighted by Crippen LogP contribution is 2.32. The van der Waals surface area contributed by atoms with Gasteiger partial charge in [-0.2, -0.15) is 0 Å². The number of ether oxygens (including phenoxy) is 1. The second-order valence-corrected chi connectivity index (χ2v) is 12.7. The average Bonchev–Trinajstić information content (AvgIpc) is 3.25. The molecule has 0 saturated heterocycles. The number of aromatic nitrogens is 4. The highest BCUT2D eigenvalue weighted by Gasteiger charge is 2.25. The first-order valence-electron chi connectivity index (χ1n) is 14.4. The van der Waals surface area contributed by atoms with Crippen molar-refractivity contribution in [3.8, 4) is 17.1 Å². The van der Waals surface area contributed by atoms with Crippen LogP contribution in [0.5, 0.6) is 5.75 Å². The van der Waals surface area contributed by atoms with Gasteiger partial charge in [0.05, 0.1) is 22.8 Å². The number of nitrogens with zero attached hydrogens (tertiary/aromatic N) is 5. The van der Waals surface area contributed by atoms with Crippen LogP contribution in [0.4, 0.5) is 0 Å². The van der Waals surface area contributed by atoms with Crippen molar-refractivity contribution < 1.29 is 13.2 Å². The summed E-state index contributed by atoms with van der Waals surface area (Å²) < 4.78 is 35.7. The van der Waals surface area contributed by atoms with Crippen LogP contribution in [0, 0.1) is 6.92 Å². The number of imidazole rings is 1. The van der Waals surface area contributed by atoms with E-state index in [1.165, 1.54) is 17.1 Å². The molecule has 1 aromatic carbocycles. The Balaban J connectivity index is 2.09. The standard InChI is InChI=1S/C29H46N6O4S/c1-8-11-12-13-15-22(9-2)28-30-21(4)26-29(36)31-27(32-35(26)28)24-20-23(16-17-25(24)39-10-3)40(37,38)34(7)19-14-18-33(5)6/h16-17,20,22H,8-15,18-19H2,1-7H3,(H,31,32,36). The van der Waals surface area contributed by atoms with Gasteiger partial charge in [0.1, 0.15) is 11.6 Å². The summed E-state index contributed by atoms with van der Waals surface area (Å²) in [7, 11) is 1.73. The van der Waals surface area contributed by atoms with E-state index in [4.69, 9.17) is 14.8 Å². The molecule has 10 nitrogen and oxygen atoms in total. The number of hydrogen-bond donors (Lipinski definition) is 1. The lowest BCUT2D eigenvalue weighted by atomic mass is 9.97. The van der Waals surface area contributed by atoms with E-state index in [9.17, 15) is 13.2 Å². The molecule has 0 radical (unpaired) electrons. The molecule has 0 spiro atoms. The van der Waals surface area contributed by atoms with Crippen LogP contribution in [-0.2, 0) is 10.0 Å². The SMILES string of the molecule is CCCCCCC(CC)c1nc(C)c2c(=O)[nH]c(-c3cc(S(=O)(=O)N(C)CCCN(C)C)ccc3OCC)nn12. The van der Waals surface area contributed by atoms with E-state index in [0.717, 1.165) is 38.1 Å². The average molecular weight is 575 g/mol. The number of sulfonamides is 1. The highest BCUT2D eigenvalue weighted by molar-refractivity contribution is 7.89. The molecule has 3 rings (SSSR count). The Kier molecular flexibility index (Phi) is 11.3. The maximum absolute atomic E-state index is 13.4. The maximum atomic E-state index is 13.4. The number of aromatic amines is 1. The zero-order chi connectivity index (χ0) is 29.4. The molecular formula is C29H46N6O4S. The quantitative estimate of drug-likeness (QED) is 0.244. The number of fused-ring (bicyclic) bond motifs is 1. The summed E-state index contributed by atoms with van der Waals surface area (Å²) in [5, 5.41) is 4.82. The molecule has 40 heavy (non-hydrogen) atoms. The Morgan fingerprint density at radius 1 is 1.05 bits per heavy atom. The topological polar surface area (TPSA) is 113 Å². The predicted molar refractivity (Wildman–Crippen MR) is 160 cm³/mol. The van der Waals surface area contributed by atoms with E-state index in [2.05, 4.69) is 18.8 Å². The van der Waals surface area contributed by atoms with Gasteiger partial charge in [-0.25, -0.2) is 22.2 Å². The number of unbranched alkanes of at least 4 members (excludes halogenated alkanes) is 3. The van der Waals surface area contributed by atoms with Crippen LogP contribution in [0.1, 0.15) is 83.2 Å². The van der Waals surface area contributed by atoms with Gasteiger partial charge in [0.2, 0.25) is 10.0 Å². The Hall–Kier alpha value is -2.76. The Labute approximate surface area is 238 Å². The summed E-state index contributed by atoms with van der Waals surface area (Å²) in [6.45, 7) is 9.55. The van der Waals surface area contributed by atoms with E-state index >= 15 is 0 Å². The fourth-order valence-corrected chi connectivity index (χ4v) is 6.19. The number of benzene rings is 1. The number of hydrogen-bond acceptors (Lipinski definition) is 7. The minimum atomic E-state index is -3.77. The van der Waals surface area contributed by atoms with Gasteiger partial charge in [-0.3, -0.25) is 4.79 Å². The first-order valence-corrected chi connectivity index (χ1v) is 15.9. The summed E-state index contributed by atoms with van der Waals surface area (Å²) in [5.74, 6) is 1.62. The van der Waals surface area contributed by atoms with Crippen LogP contribution < -0.4 is 10.3 Å². The van der Waals surface area contributed by atoms with Crippen molar-refractivity contribution in [2.24, 2.45) is 0 Å². The van der Waals surface area contributed by atoms with Gasteiger partial charge in [0.25, 0.3) is 5.56 Å². The monoisotopic (exact) mass is 574 g/mol. The Morgan fingerprint density at radius 2 is 1.80 bits per heavy atom. The van der Waals surface area contributed by atoms with Gasteiger partial charge in [-0.15, -0.1) is 5.10 Å². The van der Waals surface area contributed by atoms with Gasteiger partial charge in [0.15, 0.2) is 11.3 Å². The first kappa shape index (κ1) is 31.8. The molecule has 0 amide bonds. The summed E-state index contributed by atoms with van der Waals surface area (Å²) in [4.78, 5) is 23.1. The molecule has 1 atom stereocenters. The van der Waals surface area contributed by atoms with Crippen LogP contribution in [0.25, 0.3) is 16.9 Å². The molecule has 0 bridgehead atoms. The lowest BCUT2D eigenvalue weighted by Crippen LogP contribution is -2.30. The van der Waals surface area contributed by atoms with E-state index < -0.39 is 10.0 Å².